The molecule has 4 heteroatoms. The molecule has 1 aromatic carbocycles. The number of benzene rings is 1. The van der Waals surface area contributed by atoms with Crippen molar-refractivity contribution in [1.82, 2.24) is 5.32 Å². The Labute approximate surface area is 120 Å². The van der Waals surface area contributed by atoms with Crippen LogP contribution >= 0.6 is 11.6 Å². The van der Waals surface area contributed by atoms with Crippen molar-refractivity contribution in [3.8, 4) is 0 Å². The van der Waals surface area contributed by atoms with Crippen LogP contribution in [0.25, 0.3) is 0 Å². The van der Waals surface area contributed by atoms with Gasteiger partial charge in [0, 0.05) is 17.2 Å². The van der Waals surface area contributed by atoms with E-state index in [0.29, 0.717) is 17.2 Å². The van der Waals surface area contributed by atoms with Gasteiger partial charge in [-0.15, -0.1) is 0 Å². The van der Waals surface area contributed by atoms with E-state index in [4.69, 9.17) is 16.3 Å². The number of rotatable bonds is 8. The molecule has 0 heterocycles. The van der Waals surface area contributed by atoms with Crippen LogP contribution in [0.3, 0.4) is 0 Å². The van der Waals surface area contributed by atoms with Gasteiger partial charge in [0.15, 0.2) is 0 Å². The van der Waals surface area contributed by atoms with E-state index in [1.54, 1.807) is 12.1 Å². The van der Waals surface area contributed by atoms with Gasteiger partial charge in [-0.05, 0) is 38.4 Å². The van der Waals surface area contributed by atoms with Gasteiger partial charge in [-0.3, -0.25) is 0 Å². The van der Waals surface area contributed by atoms with E-state index >= 15 is 0 Å². The number of hydrogen-bond donors (Lipinski definition) is 1. The summed E-state index contributed by atoms with van der Waals surface area (Å²) in [5, 5.41) is 3.79. The van der Waals surface area contributed by atoms with Crippen molar-refractivity contribution in [2.45, 2.75) is 45.8 Å². The maximum absolute atomic E-state index is 14.1. The number of hydrogen-bond acceptors (Lipinski definition) is 2. The summed E-state index contributed by atoms with van der Waals surface area (Å²) in [5.41, 5.74) is 0.623. The number of halogens is 2. The highest BCUT2D eigenvalue weighted by Gasteiger charge is 2.24. The molecule has 0 saturated heterocycles. The molecular weight excluding hydrogens is 265 g/mol. The number of ether oxygens (including phenoxy) is 1. The van der Waals surface area contributed by atoms with Gasteiger partial charge in [-0.2, -0.15) is 0 Å². The summed E-state index contributed by atoms with van der Waals surface area (Å²) in [4.78, 5) is 0. The second-order valence-corrected chi connectivity index (χ2v) is 4.94. The summed E-state index contributed by atoms with van der Waals surface area (Å²) < 4.78 is 19.8. The van der Waals surface area contributed by atoms with Crippen molar-refractivity contribution in [2.75, 3.05) is 13.2 Å². The van der Waals surface area contributed by atoms with Crippen LogP contribution in [0.4, 0.5) is 4.39 Å². The molecule has 0 aliphatic carbocycles. The van der Waals surface area contributed by atoms with E-state index < -0.39 is 0 Å². The third kappa shape index (κ3) is 4.75. The Morgan fingerprint density at radius 1 is 1.32 bits per heavy atom. The molecule has 0 amide bonds. The van der Waals surface area contributed by atoms with Crippen molar-refractivity contribution < 1.29 is 9.13 Å². The fourth-order valence-corrected chi connectivity index (χ4v) is 2.32. The first-order valence-electron chi connectivity index (χ1n) is 6.93. The number of nitrogens with one attached hydrogen (secondary N) is 1. The predicted octanol–water partition coefficient (Wildman–Crippen LogP) is 4.33. The quantitative estimate of drug-likeness (QED) is 0.768. The molecule has 1 aromatic rings. The van der Waals surface area contributed by atoms with Crippen LogP contribution < -0.4 is 5.32 Å². The Morgan fingerprint density at radius 2 is 2.05 bits per heavy atom. The summed E-state index contributed by atoms with van der Waals surface area (Å²) in [6, 6.07) is 4.68. The summed E-state index contributed by atoms with van der Waals surface area (Å²) >= 11 is 5.81. The fraction of sp³-hybridized carbons (Fsp3) is 0.600. The van der Waals surface area contributed by atoms with Crippen LogP contribution in [-0.4, -0.2) is 19.3 Å². The van der Waals surface area contributed by atoms with E-state index in [-0.39, 0.29) is 18.0 Å². The van der Waals surface area contributed by atoms with E-state index in [0.717, 1.165) is 19.4 Å². The molecule has 0 aliphatic rings. The molecule has 2 atom stereocenters. The van der Waals surface area contributed by atoms with E-state index in [9.17, 15) is 4.39 Å². The highest BCUT2D eigenvalue weighted by molar-refractivity contribution is 6.30. The maximum atomic E-state index is 14.1. The molecule has 0 aromatic heterocycles. The monoisotopic (exact) mass is 287 g/mol. The summed E-state index contributed by atoms with van der Waals surface area (Å²) in [5.74, 6) is -0.278. The van der Waals surface area contributed by atoms with Crippen LogP contribution in [0, 0.1) is 5.82 Å². The van der Waals surface area contributed by atoms with E-state index in [1.807, 2.05) is 6.92 Å². The van der Waals surface area contributed by atoms with Gasteiger partial charge in [0.2, 0.25) is 0 Å². The molecule has 2 nitrogen and oxygen atoms in total. The van der Waals surface area contributed by atoms with Crippen molar-refractivity contribution >= 4 is 11.6 Å². The van der Waals surface area contributed by atoms with E-state index in [2.05, 4.69) is 19.2 Å². The lowest BCUT2D eigenvalue weighted by molar-refractivity contribution is 0.0305. The van der Waals surface area contributed by atoms with Crippen molar-refractivity contribution in [3.63, 3.8) is 0 Å². The molecule has 0 spiro atoms. The standard InChI is InChI=1S/C15H23ClFNO/c1-4-9-18-15(14(5-2)19-6-3)12-8-7-11(16)10-13(12)17/h7-8,10,14-15,18H,4-6,9H2,1-3H3. The molecule has 1 N–H and O–H groups in total. The minimum Gasteiger partial charge on any atom is -0.377 e. The third-order valence-electron chi connectivity index (χ3n) is 3.07. The van der Waals surface area contributed by atoms with Gasteiger partial charge in [-0.1, -0.05) is 31.5 Å². The average molecular weight is 288 g/mol. The van der Waals surface area contributed by atoms with Crippen molar-refractivity contribution in [2.24, 2.45) is 0 Å². The summed E-state index contributed by atoms with van der Waals surface area (Å²) in [6.07, 6.45) is 1.79. The lowest BCUT2D eigenvalue weighted by Crippen LogP contribution is -2.34. The highest BCUT2D eigenvalue weighted by atomic mass is 35.5. The highest BCUT2D eigenvalue weighted by Crippen LogP contribution is 2.26. The van der Waals surface area contributed by atoms with Crippen LogP contribution in [-0.2, 0) is 4.74 Å². The van der Waals surface area contributed by atoms with Crippen molar-refractivity contribution in [1.29, 1.82) is 0 Å². The van der Waals surface area contributed by atoms with Gasteiger partial charge >= 0.3 is 0 Å². The van der Waals surface area contributed by atoms with Crippen LogP contribution in [0.5, 0.6) is 0 Å². The van der Waals surface area contributed by atoms with Crippen LogP contribution in [0.1, 0.15) is 45.2 Å². The summed E-state index contributed by atoms with van der Waals surface area (Å²) in [7, 11) is 0. The molecule has 0 bridgehead atoms. The molecule has 0 aliphatic heterocycles. The first kappa shape index (κ1) is 16.4. The Morgan fingerprint density at radius 3 is 2.58 bits per heavy atom. The lowest BCUT2D eigenvalue weighted by Gasteiger charge is -2.28. The molecule has 2 unspecified atom stereocenters. The minimum absolute atomic E-state index is 0.0350. The zero-order valence-corrected chi connectivity index (χ0v) is 12.6. The van der Waals surface area contributed by atoms with Gasteiger partial charge < -0.3 is 10.1 Å². The Kier molecular flexibility index (Phi) is 7.36. The molecule has 0 radical (unpaired) electrons. The van der Waals surface area contributed by atoms with Gasteiger partial charge in [0.25, 0.3) is 0 Å². The third-order valence-corrected chi connectivity index (χ3v) is 3.30. The van der Waals surface area contributed by atoms with E-state index in [1.165, 1.54) is 6.07 Å². The Bertz CT molecular complexity index is 386. The zero-order valence-electron chi connectivity index (χ0n) is 11.9. The topological polar surface area (TPSA) is 21.3 Å². The Balaban J connectivity index is 2.99. The normalized spacial score (nSPS) is 14.4. The smallest absolute Gasteiger partial charge is 0.129 e. The molecular formula is C15H23ClFNO. The first-order chi connectivity index (χ1) is 9.13. The predicted molar refractivity (Wildman–Crippen MR) is 78.1 cm³/mol. The largest absolute Gasteiger partial charge is 0.377 e. The van der Waals surface area contributed by atoms with Crippen LogP contribution in [0.2, 0.25) is 5.02 Å². The summed E-state index contributed by atoms with van der Waals surface area (Å²) in [6.45, 7) is 7.55. The fourth-order valence-electron chi connectivity index (χ4n) is 2.16. The molecule has 1 rings (SSSR count). The average Bonchev–Trinajstić information content (AvgIpc) is 2.39. The second kappa shape index (κ2) is 8.51. The molecule has 0 fully saturated rings. The molecule has 108 valence electrons. The first-order valence-corrected chi connectivity index (χ1v) is 7.31. The Hall–Kier alpha value is -0.640. The van der Waals surface area contributed by atoms with Crippen molar-refractivity contribution in [3.05, 3.63) is 34.6 Å². The molecule has 0 saturated carbocycles. The zero-order chi connectivity index (χ0) is 14.3. The van der Waals surface area contributed by atoms with Gasteiger partial charge in [-0.25, -0.2) is 4.39 Å². The lowest BCUT2D eigenvalue weighted by atomic mass is 9.98. The minimum atomic E-state index is -0.278. The maximum Gasteiger partial charge on any atom is 0.129 e. The van der Waals surface area contributed by atoms with Gasteiger partial charge in [0.05, 0.1) is 12.1 Å². The second-order valence-electron chi connectivity index (χ2n) is 4.50. The SMILES string of the molecule is CCCNC(c1ccc(Cl)cc1F)C(CC)OCC. The van der Waals surface area contributed by atoms with Crippen LogP contribution in [0.15, 0.2) is 18.2 Å². The van der Waals surface area contributed by atoms with Gasteiger partial charge in [0.1, 0.15) is 5.82 Å². The molecule has 19 heavy (non-hydrogen) atoms.